The lowest BCUT2D eigenvalue weighted by atomic mass is 10.2. The summed E-state index contributed by atoms with van der Waals surface area (Å²) in [6, 6.07) is 16.2. The van der Waals surface area contributed by atoms with Gasteiger partial charge in [0, 0.05) is 5.69 Å². The van der Waals surface area contributed by atoms with Gasteiger partial charge in [0.05, 0.1) is 14.7 Å². The van der Waals surface area contributed by atoms with Gasteiger partial charge in [-0.15, -0.1) is 0 Å². The zero-order chi connectivity index (χ0) is 19.7. The van der Waals surface area contributed by atoms with E-state index in [1.165, 1.54) is 48.5 Å². The van der Waals surface area contributed by atoms with Crippen LogP contribution in [0.5, 0.6) is 0 Å². The summed E-state index contributed by atoms with van der Waals surface area (Å²) < 4.78 is 65.2. The normalized spacial score (nSPS) is 11.9. The van der Waals surface area contributed by atoms with Crippen molar-refractivity contribution in [3.63, 3.8) is 0 Å². The quantitative estimate of drug-likeness (QED) is 0.656. The molecule has 0 atom stereocenters. The van der Waals surface area contributed by atoms with Gasteiger partial charge in [-0.1, -0.05) is 17.7 Å². The van der Waals surface area contributed by atoms with Gasteiger partial charge in [-0.2, -0.15) is 0 Å². The first-order valence-corrected chi connectivity index (χ1v) is 10.9. The van der Waals surface area contributed by atoms with E-state index in [1.54, 1.807) is 12.1 Å². The molecule has 27 heavy (non-hydrogen) atoms. The maximum Gasteiger partial charge on any atom is 0.261 e. The number of hydrogen-bond donors (Lipinski definition) is 1. The Bertz CT molecular complexity index is 1150. The largest absolute Gasteiger partial charge is 0.280 e. The van der Waals surface area contributed by atoms with E-state index < -0.39 is 25.7 Å². The van der Waals surface area contributed by atoms with Gasteiger partial charge in [0.2, 0.25) is 9.84 Å². The predicted molar refractivity (Wildman–Crippen MR) is 100 cm³/mol. The second-order valence-corrected chi connectivity index (χ2v) is 9.53. The van der Waals surface area contributed by atoms with E-state index >= 15 is 0 Å². The van der Waals surface area contributed by atoms with Crippen LogP contribution in [0.2, 0.25) is 0 Å². The molecular weight excluding hydrogens is 389 g/mol. The minimum Gasteiger partial charge on any atom is -0.280 e. The molecule has 0 bridgehead atoms. The van der Waals surface area contributed by atoms with Crippen LogP contribution < -0.4 is 4.72 Å². The first-order valence-electron chi connectivity index (χ1n) is 7.89. The first kappa shape index (κ1) is 19.1. The van der Waals surface area contributed by atoms with E-state index in [0.29, 0.717) is 0 Å². The molecule has 0 radical (unpaired) electrons. The Balaban J connectivity index is 1.85. The van der Waals surface area contributed by atoms with Crippen LogP contribution in [-0.4, -0.2) is 16.8 Å². The van der Waals surface area contributed by atoms with Crippen molar-refractivity contribution < 1.29 is 21.2 Å². The molecule has 3 aromatic carbocycles. The number of aryl methyl sites for hydroxylation is 1. The minimum atomic E-state index is -3.82. The lowest BCUT2D eigenvalue weighted by molar-refractivity contribution is 0.594. The monoisotopic (exact) mass is 405 g/mol. The van der Waals surface area contributed by atoms with Crippen LogP contribution in [0, 0.1) is 12.7 Å². The molecule has 0 saturated carbocycles. The van der Waals surface area contributed by atoms with Crippen LogP contribution in [0.25, 0.3) is 0 Å². The molecule has 0 aliphatic carbocycles. The molecular formula is C19H16FNO4S2. The van der Waals surface area contributed by atoms with E-state index in [4.69, 9.17) is 0 Å². The molecule has 3 aromatic rings. The average Bonchev–Trinajstić information content (AvgIpc) is 2.62. The molecule has 0 fully saturated rings. The highest BCUT2D eigenvalue weighted by atomic mass is 32.2. The van der Waals surface area contributed by atoms with Crippen LogP contribution in [0.15, 0.2) is 87.5 Å². The van der Waals surface area contributed by atoms with Crippen LogP contribution in [0.1, 0.15) is 5.56 Å². The SMILES string of the molecule is Cc1ccc(S(=O)(=O)Nc2ccc(S(=O)(=O)c3ccc(F)cc3)cc2)cc1. The zero-order valence-electron chi connectivity index (χ0n) is 14.3. The van der Waals surface area contributed by atoms with Crippen molar-refractivity contribution in [1.82, 2.24) is 0 Å². The number of halogens is 1. The lowest BCUT2D eigenvalue weighted by Gasteiger charge is -2.10. The number of benzene rings is 3. The second kappa shape index (κ2) is 7.13. The number of anilines is 1. The standard InChI is InChI=1S/C19H16FNO4S2/c1-14-2-8-19(9-3-14)27(24,25)21-16-6-12-18(13-7-16)26(22,23)17-10-4-15(20)5-11-17/h2-13,21H,1H3. The fourth-order valence-electron chi connectivity index (χ4n) is 2.38. The van der Waals surface area contributed by atoms with Gasteiger partial charge in [-0.05, 0) is 67.6 Å². The van der Waals surface area contributed by atoms with Crippen molar-refractivity contribution in [2.24, 2.45) is 0 Å². The highest BCUT2D eigenvalue weighted by Gasteiger charge is 2.19. The smallest absolute Gasteiger partial charge is 0.261 e. The van der Waals surface area contributed by atoms with Crippen LogP contribution in [-0.2, 0) is 19.9 Å². The second-order valence-electron chi connectivity index (χ2n) is 5.90. The van der Waals surface area contributed by atoms with Crippen molar-refractivity contribution in [3.05, 3.63) is 84.2 Å². The maximum absolute atomic E-state index is 13.0. The molecule has 0 aliphatic heterocycles. The Labute approximate surface area is 157 Å². The molecule has 3 rings (SSSR count). The van der Waals surface area contributed by atoms with Crippen molar-refractivity contribution >= 4 is 25.5 Å². The Morgan fingerprint density at radius 1 is 0.667 bits per heavy atom. The highest BCUT2D eigenvalue weighted by Crippen LogP contribution is 2.24. The third-order valence-corrected chi connectivity index (χ3v) is 7.05. The van der Waals surface area contributed by atoms with Crippen molar-refractivity contribution in [2.75, 3.05) is 4.72 Å². The van der Waals surface area contributed by atoms with E-state index in [-0.39, 0.29) is 20.4 Å². The summed E-state index contributed by atoms with van der Waals surface area (Å²) in [7, 11) is -7.59. The molecule has 140 valence electrons. The van der Waals surface area contributed by atoms with Crippen LogP contribution in [0.3, 0.4) is 0 Å². The number of sulfone groups is 1. The molecule has 0 unspecified atom stereocenters. The molecule has 0 spiro atoms. The molecule has 1 N–H and O–H groups in total. The summed E-state index contributed by atoms with van der Waals surface area (Å²) in [4.78, 5) is 0.0420. The summed E-state index contributed by atoms with van der Waals surface area (Å²) in [5.41, 5.74) is 1.16. The topological polar surface area (TPSA) is 80.3 Å². The summed E-state index contributed by atoms with van der Waals surface area (Å²) in [5.74, 6) is -0.533. The van der Waals surface area contributed by atoms with Crippen molar-refractivity contribution in [2.45, 2.75) is 21.6 Å². The number of sulfonamides is 1. The number of nitrogens with one attached hydrogen (secondary N) is 1. The van der Waals surface area contributed by atoms with Gasteiger partial charge in [0.1, 0.15) is 5.82 Å². The third kappa shape index (κ3) is 4.17. The predicted octanol–water partition coefficient (Wildman–Crippen LogP) is 3.77. The van der Waals surface area contributed by atoms with E-state index in [1.807, 2.05) is 6.92 Å². The Kier molecular flexibility index (Phi) is 5.03. The Morgan fingerprint density at radius 2 is 1.11 bits per heavy atom. The van der Waals surface area contributed by atoms with Crippen LogP contribution in [0.4, 0.5) is 10.1 Å². The molecule has 0 aromatic heterocycles. The minimum absolute atomic E-state index is 0.0209. The van der Waals surface area contributed by atoms with E-state index in [9.17, 15) is 21.2 Å². The fraction of sp³-hybridized carbons (Fsp3) is 0.0526. The molecule has 8 heteroatoms. The van der Waals surface area contributed by atoms with Crippen LogP contribution >= 0.6 is 0 Å². The summed E-state index contributed by atoms with van der Waals surface area (Å²) >= 11 is 0. The first-order chi connectivity index (χ1) is 12.7. The molecule has 0 saturated heterocycles. The molecule has 5 nitrogen and oxygen atoms in total. The molecule has 0 aliphatic rings. The van der Waals surface area contributed by atoms with E-state index in [2.05, 4.69) is 4.72 Å². The maximum atomic E-state index is 13.0. The summed E-state index contributed by atoms with van der Waals surface area (Å²) in [6.45, 7) is 1.85. The zero-order valence-corrected chi connectivity index (χ0v) is 15.9. The van der Waals surface area contributed by atoms with Gasteiger partial charge in [-0.3, -0.25) is 4.72 Å². The van der Waals surface area contributed by atoms with Gasteiger partial charge >= 0.3 is 0 Å². The van der Waals surface area contributed by atoms with E-state index in [0.717, 1.165) is 17.7 Å². The number of rotatable bonds is 5. The number of hydrogen-bond acceptors (Lipinski definition) is 4. The van der Waals surface area contributed by atoms with Gasteiger partial charge in [0.15, 0.2) is 0 Å². The molecule has 0 amide bonds. The van der Waals surface area contributed by atoms with Crippen molar-refractivity contribution in [3.8, 4) is 0 Å². The summed E-state index contributed by atoms with van der Waals surface area (Å²) in [6.07, 6.45) is 0. The fourth-order valence-corrected chi connectivity index (χ4v) is 4.70. The highest BCUT2D eigenvalue weighted by molar-refractivity contribution is 7.92. The van der Waals surface area contributed by atoms with Gasteiger partial charge < -0.3 is 0 Å². The Morgan fingerprint density at radius 3 is 1.63 bits per heavy atom. The Hall–Kier alpha value is -2.71. The summed E-state index contributed by atoms with van der Waals surface area (Å²) in [5, 5.41) is 0. The third-order valence-electron chi connectivity index (χ3n) is 3.87. The average molecular weight is 405 g/mol. The van der Waals surface area contributed by atoms with Crippen molar-refractivity contribution in [1.29, 1.82) is 0 Å². The lowest BCUT2D eigenvalue weighted by Crippen LogP contribution is -2.13. The van der Waals surface area contributed by atoms with Gasteiger partial charge in [0.25, 0.3) is 10.0 Å². The molecule has 0 heterocycles. The van der Waals surface area contributed by atoms with Gasteiger partial charge in [-0.25, -0.2) is 21.2 Å².